The highest BCUT2D eigenvalue weighted by molar-refractivity contribution is 5.93. The molecule has 29 heavy (non-hydrogen) atoms. The molecule has 0 saturated carbocycles. The third-order valence-electron chi connectivity index (χ3n) is 6.69. The molecule has 1 atom stereocenters. The van der Waals surface area contributed by atoms with Crippen molar-refractivity contribution in [3.05, 3.63) is 24.3 Å². The summed E-state index contributed by atoms with van der Waals surface area (Å²) in [6.45, 7) is 7.43. The molecule has 0 aliphatic carbocycles. The Morgan fingerprint density at radius 2 is 1.62 bits per heavy atom. The van der Waals surface area contributed by atoms with Gasteiger partial charge in [-0.25, -0.2) is 4.79 Å². The summed E-state index contributed by atoms with van der Waals surface area (Å²) >= 11 is 0. The van der Waals surface area contributed by atoms with Gasteiger partial charge in [-0.2, -0.15) is 0 Å². The third kappa shape index (κ3) is 4.68. The third-order valence-corrected chi connectivity index (χ3v) is 6.69. The van der Waals surface area contributed by atoms with Crippen LogP contribution < -0.4 is 10.2 Å². The number of amides is 3. The van der Waals surface area contributed by atoms with Crippen LogP contribution in [0.25, 0.3) is 0 Å². The van der Waals surface area contributed by atoms with Crippen molar-refractivity contribution in [1.82, 2.24) is 9.80 Å². The van der Waals surface area contributed by atoms with E-state index >= 15 is 0 Å². The Morgan fingerprint density at radius 1 is 0.897 bits per heavy atom. The summed E-state index contributed by atoms with van der Waals surface area (Å²) in [5, 5.41) is 3.12. The van der Waals surface area contributed by atoms with Gasteiger partial charge in [0, 0.05) is 45.2 Å². The number of benzene rings is 1. The van der Waals surface area contributed by atoms with Crippen molar-refractivity contribution < 1.29 is 9.59 Å². The largest absolute Gasteiger partial charge is 0.370 e. The SMILES string of the molecule is CC1CCCN(C(=O)C2CCN(C(=O)Nc3ccccc3N3CCCC3)CC2)C1. The smallest absolute Gasteiger partial charge is 0.321 e. The Morgan fingerprint density at radius 3 is 2.34 bits per heavy atom. The van der Waals surface area contributed by atoms with Crippen LogP contribution in [-0.2, 0) is 4.79 Å². The highest BCUT2D eigenvalue weighted by Gasteiger charge is 2.32. The second kappa shape index (κ2) is 9.06. The van der Waals surface area contributed by atoms with E-state index in [0.717, 1.165) is 56.8 Å². The van der Waals surface area contributed by atoms with Crippen LogP contribution >= 0.6 is 0 Å². The summed E-state index contributed by atoms with van der Waals surface area (Å²) in [6.07, 6.45) is 6.29. The van der Waals surface area contributed by atoms with Crippen molar-refractivity contribution in [3.63, 3.8) is 0 Å². The minimum Gasteiger partial charge on any atom is -0.370 e. The molecule has 6 heteroatoms. The first-order valence-corrected chi connectivity index (χ1v) is 11.3. The second-order valence-electron chi connectivity index (χ2n) is 8.93. The number of rotatable bonds is 3. The van der Waals surface area contributed by atoms with E-state index in [1.807, 2.05) is 23.1 Å². The summed E-state index contributed by atoms with van der Waals surface area (Å²) in [7, 11) is 0. The number of para-hydroxylation sites is 2. The van der Waals surface area contributed by atoms with Crippen LogP contribution in [0, 0.1) is 11.8 Å². The van der Waals surface area contributed by atoms with Gasteiger partial charge >= 0.3 is 6.03 Å². The molecule has 3 amide bonds. The summed E-state index contributed by atoms with van der Waals surface area (Å²) < 4.78 is 0. The normalized spacial score (nSPS) is 23.3. The van der Waals surface area contributed by atoms with E-state index in [0.29, 0.717) is 24.9 Å². The van der Waals surface area contributed by atoms with Gasteiger partial charge in [0.25, 0.3) is 0 Å². The molecule has 1 N–H and O–H groups in total. The van der Waals surface area contributed by atoms with Crippen LogP contribution in [0.1, 0.15) is 45.4 Å². The van der Waals surface area contributed by atoms with Crippen LogP contribution in [0.2, 0.25) is 0 Å². The fourth-order valence-electron chi connectivity index (χ4n) is 4.98. The van der Waals surface area contributed by atoms with E-state index < -0.39 is 0 Å². The van der Waals surface area contributed by atoms with E-state index in [1.54, 1.807) is 0 Å². The molecule has 0 bridgehead atoms. The number of hydrogen-bond acceptors (Lipinski definition) is 3. The lowest BCUT2D eigenvalue weighted by atomic mass is 9.93. The lowest BCUT2D eigenvalue weighted by Crippen LogP contribution is -2.47. The average Bonchev–Trinajstić information content (AvgIpc) is 3.28. The Bertz CT molecular complexity index is 723. The van der Waals surface area contributed by atoms with Crippen molar-refractivity contribution in [1.29, 1.82) is 0 Å². The van der Waals surface area contributed by atoms with E-state index in [2.05, 4.69) is 28.1 Å². The number of nitrogens with zero attached hydrogens (tertiary/aromatic N) is 3. The lowest BCUT2D eigenvalue weighted by Gasteiger charge is -2.37. The van der Waals surface area contributed by atoms with E-state index in [9.17, 15) is 9.59 Å². The standard InChI is InChI=1S/C23H34N4O2/c1-18-7-6-14-27(17-18)22(28)19-10-15-26(16-11-19)23(29)24-20-8-2-3-9-21(20)25-12-4-5-13-25/h2-3,8-9,18-19H,4-7,10-17H2,1H3,(H,24,29). The van der Waals surface area contributed by atoms with Crippen molar-refractivity contribution in [2.24, 2.45) is 11.8 Å². The molecule has 3 saturated heterocycles. The van der Waals surface area contributed by atoms with E-state index in [-0.39, 0.29) is 11.9 Å². The fourth-order valence-corrected chi connectivity index (χ4v) is 4.98. The molecule has 3 heterocycles. The summed E-state index contributed by atoms with van der Waals surface area (Å²) in [5.41, 5.74) is 2.00. The van der Waals surface area contributed by atoms with Gasteiger partial charge in [0.05, 0.1) is 11.4 Å². The number of anilines is 2. The first kappa shape index (κ1) is 20.0. The quantitative estimate of drug-likeness (QED) is 0.843. The monoisotopic (exact) mass is 398 g/mol. The van der Waals surface area contributed by atoms with Crippen LogP contribution in [0.3, 0.4) is 0 Å². The zero-order valence-corrected chi connectivity index (χ0v) is 17.6. The number of likely N-dealkylation sites (tertiary alicyclic amines) is 2. The molecular formula is C23H34N4O2. The molecule has 3 aliphatic rings. The maximum absolute atomic E-state index is 12.9. The summed E-state index contributed by atoms with van der Waals surface area (Å²) in [6, 6.07) is 8.03. The van der Waals surface area contributed by atoms with Gasteiger partial charge in [-0.15, -0.1) is 0 Å². The molecule has 158 valence electrons. The van der Waals surface area contributed by atoms with Gasteiger partial charge in [-0.1, -0.05) is 19.1 Å². The summed E-state index contributed by atoms with van der Waals surface area (Å²) in [4.78, 5) is 32.0. The van der Waals surface area contributed by atoms with Gasteiger partial charge < -0.3 is 20.0 Å². The zero-order chi connectivity index (χ0) is 20.2. The molecule has 1 unspecified atom stereocenters. The van der Waals surface area contributed by atoms with Crippen molar-refractivity contribution in [2.45, 2.75) is 45.4 Å². The lowest BCUT2D eigenvalue weighted by molar-refractivity contribution is -0.138. The fraction of sp³-hybridized carbons (Fsp3) is 0.652. The van der Waals surface area contributed by atoms with E-state index in [1.165, 1.54) is 19.3 Å². The Balaban J connectivity index is 1.31. The van der Waals surface area contributed by atoms with E-state index in [4.69, 9.17) is 0 Å². The Kier molecular flexibility index (Phi) is 6.26. The maximum atomic E-state index is 12.9. The number of hydrogen-bond donors (Lipinski definition) is 1. The van der Waals surface area contributed by atoms with Crippen LogP contribution in [0.4, 0.5) is 16.2 Å². The molecule has 0 radical (unpaired) electrons. The number of piperidine rings is 2. The molecule has 3 fully saturated rings. The van der Waals surface area contributed by atoms with Gasteiger partial charge in [0.2, 0.25) is 5.91 Å². The van der Waals surface area contributed by atoms with Crippen LogP contribution in [0.15, 0.2) is 24.3 Å². The zero-order valence-electron chi connectivity index (χ0n) is 17.6. The van der Waals surface area contributed by atoms with Crippen molar-refractivity contribution in [2.75, 3.05) is 49.5 Å². The number of nitrogens with one attached hydrogen (secondary N) is 1. The minimum absolute atomic E-state index is 0.0471. The Hall–Kier alpha value is -2.24. The highest BCUT2D eigenvalue weighted by Crippen LogP contribution is 2.29. The highest BCUT2D eigenvalue weighted by atomic mass is 16.2. The predicted octanol–water partition coefficient (Wildman–Crippen LogP) is 3.79. The number of carbonyl (C=O) groups excluding carboxylic acids is 2. The molecule has 6 nitrogen and oxygen atoms in total. The molecule has 3 aliphatic heterocycles. The molecule has 1 aromatic carbocycles. The van der Waals surface area contributed by atoms with Crippen LogP contribution in [-0.4, -0.2) is 61.0 Å². The number of urea groups is 1. The minimum atomic E-state index is -0.0471. The summed E-state index contributed by atoms with van der Waals surface area (Å²) in [5.74, 6) is 0.978. The first-order valence-electron chi connectivity index (χ1n) is 11.3. The Labute approximate surface area is 174 Å². The van der Waals surface area contributed by atoms with Gasteiger partial charge in [0.15, 0.2) is 0 Å². The second-order valence-corrected chi connectivity index (χ2v) is 8.93. The molecule has 0 aromatic heterocycles. The first-order chi connectivity index (χ1) is 14.1. The molecule has 1 aromatic rings. The van der Waals surface area contributed by atoms with Gasteiger partial charge in [-0.3, -0.25) is 4.79 Å². The van der Waals surface area contributed by atoms with Crippen LogP contribution in [0.5, 0.6) is 0 Å². The molecular weight excluding hydrogens is 364 g/mol. The molecule has 4 rings (SSSR count). The number of carbonyl (C=O) groups is 2. The van der Waals surface area contributed by atoms with Gasteiger partial charge in [0.1, 0.15) is 0 Å². The predicted molar refractivity (Wildman–Crippen MR) is 116 cm³/mol. The molecule has 0 spiro atoms. The maximum Gasteiger partial charge on any atom is 0.321 e. The van der Waals surface area contributed by atoms with Gasteiger partial charge in [-0.05, 0) is 56.6 Å². The van der Waals surface area contributed by atoms with Crippen molar-refractivity contribution in [3.8, 4) is 0 Å². The van der Waals surface area contributed by atoms with Crippen molar-refractivity contribution >= 4 is 23.3 Å². The average molecular weight is 399 g/mol. The topological polar surface area (TPSA) is 55.9 Å².